The summed E-state index contributed by atoms with van der Waals surface area (Å²) in [5.41, 5.74) is 9.64. The van der Waals surface area contributed by atoms with Crippen molar-refractivity contribution in [2.45, 2.75) is 50.4 Å². The quantitative estimate of drug-likeness (QED) is 0.800. The first kappa shape index (κ1) is 14.9. The maximum atomic E-state index is 6.68. The van der Waals surface area contributed by atoms with Crippen LogP contribution in [-0.2, 0) is 21.1 Å². The summed E-state index contributed by atoms with van der Waals surface area (Å²) in [6, 6.07) is 16.5. The summed E-state index contributed by atoms with van der Waals surface area (Å²) in [7, 11) is 0. The number of fused-ring (bicyclic) bond motifs is 2. The smallest absolute Gasteiger partial charge is 0.203 e. The lowest BCUT2D eigenvalue weighted by molar-refractivity contribution is -0.431. The molecular formula is C20H23NO2. The molecule has 0 radical (unpaired) electrons. The van der Waals surface area contributed by atoms with Gasteiger partial charge in [0.05, 0.1) is 0 Å². The maximum absolute atomic E-state index is 6.68. The van der Waals surface area contributed by atoms with Crippen LogP contribution >= 0.6 is 0 Å². The van der Waals surface area contributed by atoms with Crippen molar-refractivity contribution in [1.82, 2.24) is 0 Å². The molecule has 0 bridgehead atoms. The Kier molecular flexibility index (Phi) is 3.52. The van der Waals surface area contributed by atoms with Gasteiger partial charge >= 0.3 is 0 Å². The van der Waals surface area contributed by atoms with Crippen LogP contribution in [0.4, 0.5) is 0 Å². The van der Waals surface area contributed by atoms with Crippen LogP contribution < -0.4 is 5.73 Å². The Morgan fingerprint density at radius 1 is 0.826 bits per heavy atom. The molecule has 1 fully saturated rings. The molecule has 2 aliphatic rings. The van der Waals surface area contributed by atoms with Crippen LogP contribution in [0.5, 0.6) is 0 Å². The Balaban J connectivity index is 1.84. The van der Waals surface area contributed by atoms with Crippen molar-refractivity contribution >= 4 is 0 Å². The van der Waals surface area contributed by atoms with Crippen LogP contribution in [0.3, 0.4) is 0 Å². The van der Waals surface area contributed by atoms with Gasteiger partial charge in [-0.25, -0.2) is 9.78 Å². The maximum Gasteiger partial charge on any atom is 0.203 e. The molecule has 1 atom stereocenters. The van der Waals surface area contributed by atoms with E-state index in [1.165, 1.54) is 30.4 Å². The zero-order chi connectivity index (χ0) is 15.9. The number of nitrogens with two attached hydrogens (primary N) is 1. The van der Waals surface area contributed by atoms with Crippen molar-refractivity contribution in [1.29, 1.82) is 0 Å². The highest BCUT2D eigenvalue weighted by molar-refractivity contribution is 5.44. The highest BCUT2D eigenvalue weighted by atomic mass is 17.2. The minimum Gasteiger partial charge on any atom is -0.293 e. The molecular weight excluding hydrogens is 286 g/mol. The first-order valence-electron chi connectivity index (χ1n) is 8.47. The molecule has 0 aromatic heterocycles. The summed E-state index contributed by atoms with van der Waals surface area (Å²) in [6.07, 6.45) is 5.58. The van der Waals surface area contributed by atoms with E-state index in [-0.39, 0.29) is 5.60 Å². The summed E-state index contributed by atoms with van der Waals surface area (Å²) in [5.74, 6) is 0. The van der Waals surface area contributed by atoms with Gasteiger partial charge in [0.15, 0.2) is 0 Å². The first-order valence-corrected chi connectivity index (χ1v) is 8.47. The molecule has 120 valence electrons. The number of hydrogen-bond acceptors (Lipinski definition) is 3. The summed E-state index contributed by atoms with van der Waals surface area (Å²) >= 11 is 0. The van der Waals surface area contributed by atoms with Gasteiger partial charge in [0.25, 0.3) is 0 Å². The average Bonchev–Trinajstić information content (AvgIpc) is 2.60. The van der Waals surface area contributed by atoms with Gasteiger partial charge in [-0.1, -0.05) is 73.4 Å². The Morgan fingerprint density at radius 3 is 2.17 bits per heavy atom. The van der Waals surface area contributed by atoms with E-state index in [1.807, 2.05) is 18.2 Å². The van der Waals surface area contributed by atoms with Gasteiger partial charge in [-0.2, -0.15) is 0 Å². The molecule has 1 aliphatic carbocycles. The van der Waals surface area contributed by atoms with E-state index in [0.29, 0.717) is 0 Å². The van der Waals surface area contributed by atoms with Crippen LogP contribution in [0.1, 0.15) is 54.4 Å². The van der Waals surface area contributed by atoms with E-state index in [2.05, 4.69) is 37.3 Å². The molecule has 3 nitrogen and oxygen atoms in total. The minimum absolute atomic E-state index is 0.331. The topological polar surface area (TPSA) is 44.5 Å². The molecule has 23 heavy (non-hydrogen) atoms. The highest BCUT2D eigenvalue weighted by Gasteiger charge is 2.49. The molecule has 2 aromatic rings. The van der Waals surface area contributed by atoms with Crippen LogP contribution in [0, 0.1) is 6.92 Å². The Morgan fingerprint density at radius 2 is 1.48 bits per heavy atom. The average molecular weight is 309 g/mol. The summed E-state index contributed by atoms with van der Waals surface area (Å²) in [4.78, 5) is 11.9. The van der Waals surface area contributed by atoms with Crippen molar-refractivity contribution in [3.05, 3.63) is 70.8 Å². The number of benzene rings is 2. The Hall–Kier alpha value is -1.68. The van der Waals surface area contributed by atoms with E-state index >= 15 is 0 Å². The lowest BCUT2D eigenvalue weighted by Gasteiger charge is -2.46. The van der Waals surface area contributed by atoms with Crippen LogP contribution in [0.25, 0.3) is 0 Å². The second kappa shape index (κ2) is 5.45. The third-order valence-electron chi connectivity index (χ3n) is 5.29. The Labute approximate surface area is 137 Å². The van der Waals surface area contributed by atoms with Crippen molar-refractivity contribution in [2.75, 3.05) is 0 Å². The van der Waals surface area contributed by atoms with E-state index in [0.717, 1.165) is 24.0 Å². The van der Waals surface area contributed by atoms with Gasteiger partial charge in [-0.15, -0.1) is 0 Å². The zero-order valence-corrected chi connectivity index (χ0v) is 13.5. The predicted molar refractivity (Wildman–Crippen MR) is 89.5 cm³/mol. The van der Waals surface area contributed by atoms with Gasteiger partial charge in [0, 0.05) is 11.1 Å². The summed E-state index contributed by atoms with van der Waals surface area (Å²) in [6.45, 7) is 2.07. The van der Waals surface area contributed by atoms with Crippen molar-refractivity contribution in [2.24, 2.45) is 5.73 Å². The number of rotatable bonds is 1. The number of hydrogen-bond donors (Lipinski definition) is 1. The van der Waals surface area contributed by atoms with E-state index in [4.69, 9.17) is 15.5 Å². The van der Waals surface area contributed by atoms with Crippen molar-refractivity contribution in [3.8, 4) is 0 Å². The lowest BCUT2D eigenvalue weighted by atomic mass is 9.75. The molecule has 2 aromatic carbocycles. The molecule has 2 N–H and O–H groups in total. The molecule has 1 saturated carbocycles. The molecule has 4 rings (SSSR count). The SMILES string of the molecule is Cc1ccc(C2(N)OOC3(CCCCC3)c3ccccc32)cc1. The highest BCUT2D eigenvalue weighted by Crippen LogP contribution is 2.49. The van der Waals surface area contributed by atoms with E-state index < -0.39 is 5.72 Å². The van der Waals surface area contributed by atoms with Crippen LogP contribution in [0.2, 0.25) is 0 Å². The third-order valence-corrected chi connectivity index (χ3v) is 5.29. The number of aryl methyl sites for hydroxylation is 1. The van der Waals surface area contributed by atoms with E-state index in [9.17, 15) is 0 Å². The fourth-order valence-corrected chi connectivity index (χ4v) is 3.92. The van der Waals surface area contributed by atoms with E-state index in [1.54, 1.807) is 0 Å². The molecule has 1 unspecified atom stereocenters. The summed E-state index contributed by atoms with van der Waals surface area (Å²) in [5, 5.41) is 0. The normalized spacial score (nSPS) is 26.0. The standard InChI is InChI=1S/C20H23NO2/c1-15-9-11-16(12-10-15)20(21)18-8-4-3-7-17(18)19(22-23-20)13-5-2-6-14-19/h3-4,7-12H,2,5-6,13-14,21H2,1H3. The first-order chi connectivity index (χ1) is 11.1. The Bertz CT molecular complexity index is 704. The van der Waals surface area contributed by atoms with Crippen LogP contribution in [-0.4, -0.2) is 0 Å². The molecule has 1 aliphatic heterocycles. The minimum atomic E-state index is -1.05. The van der Waals surface area contributed by atoms with Gasteiger partial charge in [-0.3, -0.25) is 5.73 Å². The largest absolute Gasteiger partial charge is 0.293 e. The molecule has 3 heteroatoms. The monoisotopic (exact) mass is 309 g/mol. The van der Waals surface area contributed by atoms with Crippen molar-refractivity contribution in [3.63, 3.8) is 0 Å². The fourth-order valence-electron chi connectivity index (χ4n) is 3.92. The van der Waals surface area contributed by atoms with Gasteiger partial charge in [-0.05, 0) is 25.3 Å². The molecule has 1 heterocycles. The summed E-state index contributed by atoms with van der Waals surface area (Å²) < 4.78 is 0. The molecule has 0 amide bonds. The molecule has 1 spiro atoms. The lowest BCUT2D eigenvalue weighted by Crippen LogP contribution is -2.50. The van der Waals surface area contributed by atoms with Gasteiger partial charge in [0.1, 0.15) is 5.60 Å². The zero-order valence-electron chi connectivity index (χ0n) is 13.5. The third kappa shape index (κ3) is 2.31. The molecule has 0 saturated heterocycles. The predicted octanol–water partition coefficient (Wildman–Crippen LogP) is 4.28. The van der Waals surface area contributed by atoms with Crippen molar-refractivity contribution < 1.29 is 9.78 Å². The van der Waals surface area contributed by atoms with Gasteiger partial charge in [0.2, 0.25) is 5.72 Å². The fraction of sp³-hybridized carbons (Fsp3) is 0.400. The van der Waals surface area contributed by atoms with Crippen LogP contribution in [0.15, 0.2) is 48.5 Å². The second-order valence-corrected chi connectivity index (χ2v) is 6.87. The van der Waals surface area contributed by atoms with Gasteiger partial charge < -0.3 is 0 Å². The second-order valence-electron chi connectivity index (χ2n) is 6.87.